The van der Waals surface area contributed by atoms with Crippen LogP contribution in [-0.4, -0.2) is 40.1 Å². The van der Waals surface area contributed by atoms with Crippen molar-refractivity contribution >= 4 is 15.9 Å². The molecule has 2 N–H and O–H groups in total. The van der Waals surface area contributed by atoms with Crippen molar-refractivity contribution in [1.82, 2.24) is 10.0 Å². The fraction of sp³-hybridized carbons (Fsp3) is 0.462. The first-order chi connectivity index (χ1) is 9.58. The minimum Gasteiger partial charge on any atom is -0.376 e. The van der Waals surface area contributed by atoms with Crippen LogP contribution in [0.3, 0.4) is 0 Å². The molecule has 1 aromatic rings. The molecule has 1 amide bonds. The highest BCUT2D eigenvalue weighted by molar-refractivity contribution is 7.89. The number of nitrogens with one attached hydrogen (secondary N) is 2. The first kappa shape index (κ1) is 15.0. The Kier molecular flexibility index (Phi) is 5.11. The zero-order valence-corrected chi connectivity index (χ0v) is 11.9. The average Bonchev–Trinajstić information content (AvgIpc) is 2.97. The summed E-state index contributed by atoms with van der Waals surface area (Å²) in [5.74, 6) is -0.361. The second kappa shape index (κ2) is 6.83. The van der Waals surface area contributed by atoms with Gasteiger partial charge in [-0.2, -0.15) is 0 Å². The zero-order chi connectivity index (χ0) is 14.4. The van der Waals surface area contributed by atoms with E-state index in [2.05, 4.69) is 10.0 Å². The number of hydrogen-bond donors (Lipinski definition) is 2. The summed E-state index contributed by atoms with van der Waals surface area (Å²) in [6.45, 7) is 0.872. The molecule has 7 heteroatoms. The number of hydrogen-bond acceptors (Lipinski definition) is 4. The van der Waals surface area contributed by atoms with Crippen molar-refractivity contribution in [3.05, 3.63) is 30.3 Å². The van der Waals surface area contributed by atoms with E-state index >= 15 is 0 Å². The predicted molar refractivity (Wildman–Crippen MR) is 73.6 cm³/mol. The highest BCUT2D eigenvalue weighted by Crippen LogP contribution is 2.10. The van der Waals surface area contributed by atoms with E-state index in [9.17, 15) is 13.2 Å². The number of carbonyl (C=O) groups is 1. The molecule has 20 heavy (non-hydrogen) atoms. The molecular weight excluding hydrogens is 280 g/mol. The molecule has 2 rings (SSSR count). The Bertz CT molecular complexity index is 539. The highest BCUT2D eigenvalue weighted by atomic mass is 32.2. The zero-order valence-electron chi connectivity index (χ0n) is 11.0. The lowest BCUT2D eigenvalue weighted by molar-refractivity contribution is -0.120. The SMILES string of the molecule is O=C(CNS(=O)(=O)c1ccccc1)NC[C@@H]1CCCO1. The third-order valence-electron chi connectivity index (χ3n) is 3.03. The largest absolute Gasteiger partial charge is 0.376 e. The average molecular weight is 298 g/mol. The van der Waals surface area contributed by atoms with Gasteiger partial charge in [-0.05, 0) is 25.0 Å². The number of rotatable bonds is 6. The van der Waals surface area contributed by atoms with Gasteiger partial charge in [0, 0.05) is 13.2 Å². The van der Waals surface area contributed by atoms with Crippen LogP contribution in [0.1, 0.15) is 12.8 Å². The third-order valence-corrected chi connectivity index (χ3v) is 4.44. The van der Waals surface area contributed by atoms with Crippen LogP contribution in [0.2, 0.25) is 0 Å². The van der Waals surface area contributed by atoms with Crippen molar-refractivity contribution in [3.63, 3.8) is 0 Å². The van der Waals surface area contributed by atoms with E-state index in [1.165, 1.54) is 12.1 Å². The lowest BCUT2D eigenvalue weighted by Crippen LogP contribution is -2.39. The molecule has 0 unspecified atom stereocenters. The summed E-state index contributed by atoms with van der Waals surface area (Å²) in [5.41, 5.74) is 0. The van der Waals surface area contributed by atoms with Gasteiger partial charge in [0.1, 0.15) is 0 Å². The molecule has 0 spiro atoms. The van der Waals surface area contributed by atoms with Crippen molar-refractivity contribution in [2.75, 3.05) is 19.7 Å². The quantitative estimate of drug-likeness (QED) is 0.789. The monoisotopic (exact) mass is 298 g/mol. The van der Waals surface area contributed by atoms with Gasteiger partial charge in [-0.1, -0.05) is 18.2 Å². The number of ether oxygens (including phenoxy) is 1. The van der Waals surface area contributed by atoms with Gasteiger partial charge < -0.3 is 10.1 Å². The molecule has 1 aromatic carbocycles. The molecule has 0 aromatic heterocycles. The van der Waals surface area contributed by atoms with Crippen molar-refractivity contribution in [2.24, 2.45) is 0 Å². The molecule has 0 aliphatic carbocycles. The van der Waals surface area contributed by atoms with E-state index < -0.39 is 10.0 Å². The fourth-order valence-corrected chi connectivity index (χ4v) is 2.94. The first-order valence-corrected chi connectivity index (χ1v) is 7.99. The topological polar surface area (TPSA) is 84.5 Å². The van der Waals surface area contributed by atoms with E-state index in [0.29, 0.717) is 6.54 Å². The minimum atomic E-state index is -3.63. The Hall–Kier alpha value is -1.44. The molecule has 1 atom stereocenters. The molecule has 1 aliphatic rings. The Balaban J connectivity index is 1.77. The van der Waals surface area contributed by atoms with Gasteiger partial charge in [-0.3, -0.25) is 4.79 Å². The molecule has 1 fully saturated rings. The van der Waals surface area contributed by atoms with Gasteiger partial charge in [-0.25, -0.2) is 13.1 Å². The minimum absolute atomic E-state index is 0.0460. The summed E-state index contributed by atoms with van der Waals surface area (Å²) < 4.78 is 31.4. The van der Waals surface area contributed by atoms with Gasteiger partial charge in [0.05, 0.1) is 17.5 Å². The molecule has 1 saturated heterocycles. The van der Waals surface area contributed by atoms with Gasteiger partial charge in [0.25, 0.3) is 0 Å². The lowest BCUT2D eigenvalue weighted by Gasteiger charge is -2.11. The first-order valence-electron chi connectivity index (χ1n) is 6.51. The van der Waals surface area contributed by atoms with Gasteiger partial charge in [-0.15, -0.1) is 0 Å². The van der Waals surface area contributed by atoms with Crippen LogP contribution in [-0.2, 0) is 19.6 Å². The number of sulfonamides is 1. The van der Waals surface area contributed by atoms with Crippen LogP contribution >= 0.6 is 0 Å². The summed E-state index contributed by atoms with van der Waals surface area (Å²) in [6, 6.07) is 7.95. The second-order valence-electron chi connectivity index (χ2n) is 4.58. The van der Waals surface area contributed by atoms with Crippen LogP contribution in [0, 0.1) is 0 Å². The molecule has 110 valence electrons. The fourth-order valence-electron chi connectivity index (χ4n) is 1.94. The van der Waals surface area contributed by atoms with E-state index in [4.69, 9.17) is 4.74 Å². The Morgan fingerprint density at radius 2 is 2.05 bits per heavy atom. The summed E-state index contributed by atoms with van der Waals surface area (Å²) in [5, 5.41) is 2.66. The Morgan fingerprint density at radius 1 is 1.30 bits per heavy atom. The summed E-state index contributed by atoms with van der Waals surface area (Å²) in [6.07, 6.45) is 1.97. The molecule has 0 bridgehead atoms. The van der Waals surface area contributed by atoms with Gasteiger partial charge in [0.2, 0.25) is 15.9 Å². The van der Waals surface area contributed by atoms with Crippen LogP contribution in [0.4, 0.5) is 0 Å². The summed E-state index contributed by atoms with van der Waals surface area (Å²) in [7, 11) is -3.63. The van der Waals surface area contributed by atoms with Gasteiger partial charge >= 0.3 is 0 Å². The maximum atomic E-state index is 11.9. The molecule has 6 nitrogen and oxygen atoms in total. The van der Waals surface area contributed by atoms with Gasteiger partial charge in [0.15, 0.2) is 0 Å². The maximum Gasteiger partial charge on any atom is 0.241 e. The third kappa shape index (κ3) is 4.29. The Labute approximate surface area is 118 Å². The molecular formula is C13H18N2O4S. The van der Waals surface area contributed by atoms with Crippen LogP contribution in [0.5, 0.6) is 0 Å². The molecule has 0 radical (unpaired) electrons. The summed E-state index contributed by atoms with van der Waals surface area (Å²) >= 11 is 0. The van der Waals surface area contributed by atoms with Crippen LogP contribution in [0.15, 0.2) is 35.2 Å². The lowest BCUT2D eigenvalue weighted by atomic mass is 10.2. The number of benzene rings is 1. The van der Waals surface area contributed by atoms with E-state index in [-0.39, 0.29) is 23.5 Å². The molecule has 0 saturated carbocycles. The normalized spacial score (nSPS) is 18.9. The van der Waals surface area contributed by atoms with Crippen molar-refractivity contribution in [2.45, 2.75) is 23.8 Å². The number of amides is 1. The Morgan fingerprint density at radius 3 is 2.70 bits per heavy atom. The second-order valence-corrected chi connectivity index (χ2v) is 6.34. The predicted octanol–water partition coefficient (Wildman–Crippen LogP) is 0.260. The van der Waals surface area contributed by atoms with Crippen molar-refractivity contribution in [3.8, 4) is 0 Å². The van der Waals surface area contributed by atoms with Crippen LogP contribution < -0.4 is 10.0 Å². The van der Waals surface area contributed by atoms with Crippen molar-refractivity contribution in [1.29, 1.82) is 0 Å². The highest BCUT2D eigenvalue weighted by Gasteiger charge is 2.18. The summed E-state index contributed by atoms with van der Waals surface area (Å²) in [4.78, 5) is 11.7. The van der Waals surface area contributed by atoms with E-state index in [1.807, 2.05) is 0 Å². The molecule has 1 heterocycles. The molecule has 1 aliphatic heterocycles. The van der Waals surface area contributed by atoms with Crippen molar-refractivity contribution < 1.29 is 17.9 Å². The van der Waals surface area contributed by atoms with E-state index in [1.54, 1.807) is 18.2 Å². The standard InChI is InChI=1S/C13H18N2O4S/c16-13(14-9-11-5-4-8-19-11)10-15-20(17,18)12-6-2-1-3-7-12/h1-3,6-7,11,15H,4-5,8-10H2,(H,14,16)/t11-/m0/s1. The number of carbonyl (C=O) groups excluding carboxylic acids is 1. The van der Waals surface area contributed by atoms with E-state index in [0.717, 1.165) is 19.4 Å². The van der Waals surface area contributed by atoms with Crippen LogP contribution in [0.25, 0.3) is 0 Å². The smallest absolute Gasteiger partial charge is 0.241 e. The maximum absolute atomic E-state index is 11.9.